The third-order valence-electron chi connectivity index (χ3n) is 2.45. The van der Waals surface area contributed by atoms with Gasteiger partial charge in [0.1, 0.15) is 4.75 Å². The van der Waals surface area contributed by atoms with Crippen LogP contribution in [0, 0.1) is 5.92 Å². The molecular formula is C10H21NOS. The largest absolute Gasteiger partial charge is 0.598 e. The van der Waals surface area contributed by atoms with Gasteiger partial charge in [-0.25, -0.2) is 0 Å². The summed E-state index contributed by atoms with van der Waals surface area (Å²) in [5, 5.41) is 0. The molecule has 0 bridgehead atoms. The first-order chi connectivity index (χ1) is 5.95. The Morgan fingerprint density at radius 2 is 2.00 bits per heavy atom. The molecule has 0 aromatic rings. The van der Waals surface area contributed by atoms with Crippen LogP contribution in [0.3, 0.4) is 0 Å². The van der Waals surface area contributed by atoms with Crippen LogP contribution >= 0.6 is 0 Å². The van der Waals surface area contributed by atoms with Gasteiger partial charge in [-0.2, -0.15) is 0 Å². The van der Waals surface area contributed by atoms with Crippen molar-refractivity contribution in [2.75, 3.05) is 0 Å². The number of rotatable bonds is 4. The van der Waals surface area contributed by atoms with Gasteiger partial charge in [0.2, 0.25) is 0 Å². The van der Waals surface area contributed by atoms with Gasteiger partial charge in [-0.05, 0) is 46.0 Å². The maximum atomic E-state index is 11.8. The van der Waals surface area contributed by atoms with Gasteiger partial charge in [0, 0.05) is 11.4 Å². The molecule has 2 atom stereocenters. The second kappa shape index (κ2) is 4.20. The lowest BCUT2D eigenvalue weighted by atomic mass is 10.1. The Hall–Kier alpha value is 0.270. The summed E-state index contributed by atoms with van der Waals surface area (Å²) in [6, 6.07) is 0.472. The van der Waals surface area contributed by atoms with Gasteiger partial charge in [0.05, 0.1) is 6.04 Å². The molecule has 0 saturated heterocycles. The maximum absolute atomic E-state index is 11.8. The van der Waals surface area contributed by atoms with Crippen LogP contribution < -0.4 is 4.72 Å². The van der Waals surface area contributed by atoms with E-state index in [0.29, 0.717) is 6.04 Å². The van der Waals surface area contributed by atoms with Crippen LogP contribution in [0.2, 0.25) is 0 Å². The van der Waals surface area contributed by atoms with E-state index in [2.05, 4.69) is 11.6 Å². The van der Waals surface area contributed by atoms with Gasteiger partial charge in [-0.1, -0.05) is 6.92 Å². The van der Waals surface area contributed by atoms with Crippen LogP contribution in [0.15, 0.2) is 0 Å². The molecule has 1 N–H and O–H groups in total. The summed E-state index contributed by atoms with van der Waals surface area (Å²) in [7, 11) is 0. The molecule has 1 fully saturated rings. The zero-order valence-corrected chi connectivity index (χ0v) is 9.91. The Kier molecular flexibility index (Phi) is 3.66. The average molecular weight is 203 g/mol. The molecule has 0 aromatic heterocycles. The Morgan fingerprint density at radius 1 is 1.46 bits per heavy atom. The van der Waals surface area contributed by atoms with Crippen molar-refractivity contribution >= 4 is 11.4 Å². The molecule has 1 aliphatic carbocycles. The normalized spacial score (nSPS) is 22.8. The highest BCUT2D eigenvalue weighted by atomic mass is 32.2. The molecule has 0 spiro atoms. The van der Waals surface area contributed by atoms with Crippen molar-refractivity contribution in [1.29, 1.82) is 0 Å². The molecule has 0 aromatic carbocycles. The standard InChI is InChI=1S/C10H21NOS/c1-5-9(8-6-7-8)11-13(12)10(2,3)4/h8-9,11H,5-7H2,1-4H3/t9-,13?/m1/s1. The molecule has 3 heteroatoms. The molecular weight excluding hydrogens is 182 g/mol. The van der Waals surface area contributed by atoms with Gasteiger partial charge < -0.3 is 4.55 Å². The van der Waals surface area contributed by atoms with Crippen LogP contribution in [0.4, 0.5) is 0 Å². The van der Waals surface area contributed by atoms with E-state index >= 15 is 0 Å². The fourth-order valence-electron chi connectivity index (χ4n) is 1.33. The summed E-state index contributed by atoms with van der Waals surface area (Å²) < 4.78 is 14.9. The SMILES string of the molecule is CC[C@@H](N[S+]([O-])C(C)(C)C)C1CC1. The molecule has 2 nitrogen and oxygen atoms in total. The molecule has 0 radical (unpaired) electrons. The van der Waals surface area contributed by atoms with E-state index in [1.165, 1.54) is 12.8 Å². The first-order valence-electron chi connectivity index (χ1n) is 5.13. The summed E-state index contributed by atoms with van der Waals surface area (Å²) in [4.78, 5) is 0. The topological polar surface area (TPSA) is 35.1 Å². The molecule has 0 aliphatic heterocycles. The van der Waals surface area contributed by atoms with E-state index in [1.54, 1.807) is 0 Å². The lowest BCUT2D eigenvalue weighted by molar-refractivity contribution is 0.484. The number of hydrogen-bond acceptors (Lipinski definition) is 2. The van der Waals surface area contributed by atoms with Crippen molar-refractivity contribution in [1.82, 2.24) is 4.72 Å². The third kappa shape index (κ3) is 3.49. The average Bonchev–Trinajstić information content (AvgIpc) is 2.80. The summed E-state index contributed by atoms with van der Waals surface area (Å²) in [6.07, 6.45) is 3.71. The minimum atomic E-state index is -0.898. The zero-order valence-electron chi connectivity index (χ0n) is 9.09. The van der Waals surface area contributed by atoms with Gasteiger partial charge in [-0.3, -0.25) is 0 Å². The van der Waals surface area contributed by atoms with Crippen molar-refractivity contribution in [3.05, 3.63) is 0 Å². The number of nitrogens with one attached hydrogen (secondary N) is 1. The summed E-state index contributed by atoms with van der Waals surface area (Å²) in [6.45, 7) is 8.19. The molecule has 13 heavy (non-hydrogen) atoms. The van der Waals surface area contributed by atoms with Crippen LogP contribution in [0.25, 0.3) is 0 Å². The predicted octanol–water partition coefficient (Wildman–Crippen LogP) is 2.23. The molecule has 1 aliphatic rings. The van der Waals surface area contributed by atoms with Crippen LogP contribution in [0.1, 0.15) is 47.0 Å². The summed E-state index contributed by atoms with van der Waals surface area (Å²) in [5.74, 6) is 0.788. The van der Waals surface area contributed by atoms with Gasteiger partial charge in [-0.15, -0.1) is 4.72 Å². The molecule has 0 amide bonds. The minimum Gasteiger partial charge on any atom is -0.598 e. The lowest BCUT2D eigenvalue weighted by Gasteiger charge is -2.27. The second-order valence-electron chi connectivity index (χ2n) is 4.85. The zero-order chi connectivity index (χ0) is 10.1. The Labute approximate surface area is 84.8 Å². The summed E-state index contributed by atoms with van der Waals surface area (Å²) >= 11 is -0.898. The molecule has 78 valence electrons. The van der Waals surface area contributed by atoms with Crippen LogP contribution in [0.5, 0.6) is 0 Å². The van der Waals surface area contributed by atoms with Crippen LogP contribution in [-0.2, 0) is 11.4 Å². The van der Waals surface area contributed by atoms with Crippen molar-refractivity contribution in [3.8, 4) is 0 Å². The van der Waals surface area contributed by atoms with Gasteiger partial charge >= 0.3 is 0 Å². The highest BCUT2D eigenvalue weighted by molar-refractivity contribution is 7.90. The highest BCUT2D eigenvalue weighted by Gasteiger charge is 2.36. The minimum absolute atomic E-state index is 0.137. The third-order valence-corrected chi connectivity index (χ3v) is 4.07. The van der Waals surface area contributed by atoms with Gasteiger partial charge in [0.25, 0.3) is 0 Å². The maximum Gasteiger partial charge on any atom is 0.136 e. The monoisotopic (exact) mass is 203 g/mol. The first-order valence-corrected chi connectivity index (χ1v) is 6.28. The van der Waals surface area contributed by atoms with E-state index < -0.39 is 11.4 Å². The fraction of sp³-hybridized carbons (Fsp3) is 1.00. The summed E-state index contributed by atoms with van der Waals surface area (Å²) in [5.41, 5.74) is 0. The predicted molar refractivity (Wildman–Crippen MR) is 57.8 cm³/mol. The quantitative estimate of drug-likeness (QED) is 0.711. The number of hydrogen-bond donors (Lipinski definition) is 1. The highest BCUT2D eigenvalue weighted by Crippen LogP contribution is 2.34. The van der Waals surface area contributed by atoms with E-state index in [-0.39, 0.29) is 4.75 Å². The van der Waals surface area contributed by atoms with Crippen molar-refractivity contribution < 1.29 is 4.55 Å². The van der Waals surface area contributed by atoms with E-state index in [0.717, 1.165) is 12.3 Å². The van der Waals surface area contributed by atoms with E-state index in [4.69, 9.17) is 0 Å². The fourth-order valence-corrected chi connectivity index (χ4v) is 2.31. The van der Waals surface area contributed by atoms with E-state index in [9.17, 15) is 4.55 Å². The second-order valence-corrected chi connectivity index (χ2v) is 6.85. The van der Waals surface area contributed by atoms with E-state index in [1.807, 2.05) is 20.8 Å². The van der Waals surface area contributed by atoms with Crippen molar-refractivity contribution in [2.45, 2.75) is 57.7 Å². The molecule has 0 heterocycles. The lowest BCUT2D eigenvalue weighted by Crippen LogP contribution is -2.45. The molecule has 1 rings (SSSR count). The smallest absolute Gasteiger partial charge is 0.136 e. The Balaban J connectivity index is 2.36. The molecule has 1 unspecified atom stereocenters. The van der Waals surface area contributed by atoms with Gasteiger partial charge in [0.15, 0.2) is 0 Å². The molecule has 1 saturated carbocycles. The first kappa shape index (κ1) is 11.3. The van der Waals surface area contributed by atoms with Crippen molar-refractivity contribution in [3.63, 3.8) is 0 Å². The van der Waals surface area contributed by atoms with Crippen molar-refractivity contribution in [2.24, 2.45) is 5.92 Å². The Bertz CT molecular complexity index is 163. The Morgan fingerprint density at radius 3 is 2.31 bits per heavy atom. The van der Waals surface area contributed by atoms with Crippen LogP contribution in [-0.4, -0.2) is 15.3 Å².